The summed E-state index contributed by atoms with van der Waals surface area (Å²) in [6, 6.07) is 0. The second-order valence-corrected chi connectivity index (χ2v) is 15.7. The summed E-state index contributed by atoms with van der Waals surface area (Å²) in [5, 5.41) is 0. The number of rotatable bonds is 42. The minimum Gasteiger partial charge on any atom is -0.462 e. The van der Waals surface area contributed by atoms with Gasteiger partial charge in [-0.3, -0.25) is 14.4 Å². The zero-order chi connectivity index (χ0) is 40.1. The van der Waals surface area contributed by atoms with Gasteiger partial charge in [0.1, 0.15) is 13.2 Å². The van der Waals surface area contributed by atoms with Crippen molar-refractivity contribution < 1.29 is 28.6 Å². The molecular weight excluding hydrogens is 685 g/mol. The summed E-state index contributed by atoms with van der Waals surface area (Å²) in [4.78, 5) is 37.7. The van der Waals surface area contributed by atoms with E-state index in [9.17, 15) is 14.4 Å². The van der Waals surface area contributed by atoms with Gasteiger partial charge in [0, 0.05) is 19.3 Å². The van der Waals surface area contributed by atoms with Gasteiger partial charge in [-0.05, 0) is 89.9 Å². The predicted molar refractivity (Wildman–Crippen MR) is 233 cm³/mol. The molecule has 0 heterocycles. The molecule has 0 N–H and O–H groups in total. The summed E-state index contributed by atoms with van der Waals surface area (Å²) in [5.74, 6) is -0.907. The molecule has 0 spiro atoms. The average Bonchev–Trinajstić information content (AvgIpc) is 3.18. The van der Waals surface area contributed by atoms with Gasteiger partial charge in [-0.25, -0.2) is 0 Å². The van der Waals surface area contributed by atoms with Crippen molar-refractivity contribution in [1.29, 1.82) is 0 Å². The van der Waals surface area contributed by atoms with Crippen molar-refractivity contribution >= 4 is 17.9 Å². The lowest BCUT2D eigenvalue weighted by Gasteiger charge is -2.18. The first kappa shape index (κ1) is 52.6. The number of ether oxygens (including phenoxy) is 3. The maximum absolute atomic E-state index is 12.7. The van der Waals surface area contributed by atoms with E-state index in [1.165, 1.54) is 116 Å². The normalized spacial score (nSPS) is 12.3. The highest BCUT2D eigenvalue weighted by atomic mass is 16.6. The largest absolute Gasteiger partial charge is 0.462 e. The Morgan fingerprint density at radius 3 is 1.00 bits per heavy atom. The highest BCUT2D eigenvalue weighted by molar-refractivity contribution is 5.71. The third kappa shape index (κ3) is 42.6. The molecule has 0 aromatic heterocycles. The average molecular weight is 773 g/mol. The van der Waals surface area contributed by atoms with E-state index < -0.39 is 6.10 Å². The van der Waals surface area contributed by atoms with Gasteiger partial charge in [0.05, 0.1) is 0 Å². The van der Waals surface area contributed by atoms with E-state index in [2.05, 4.69) is 57.2 Å². The van der Waals surface area contributed by atoms with Gasteiger partial charge in [-0.1, -0.05) is 166 Å². The van der Waals surface area contributed by atoms with Crippen molar-refractivity contribution in [3.63, 3.8) is 0 Å². The summed E-state index contributed by atoms with van der Waals surface area (Å²) in [6.07, 6.45) is 49.8. The fraction of sp³-hybridized carbons (Fsp3) is 0.816. The van der Waals surface area contributed by atoms with Gasteiger partial charge in [0.2, 0.25) is 0 Å². The number of allylic oxidation sites excluding steroid dienone is 6. The first-order valence-corrected chi connectivity index (χ1v) is 23.5. The van der Waals surface area contributed by atoms with E-state index in [0.717, 1.165) is 83.5 Å². The Morgan fingerprint density at radius 1 is 0.345 bits per heavy atom. The van der Waals surface area contributed by atoms with Crippen LogP contribution in [-0.4, -0.2) is 37.2 Å². The molecule has 0 aliphatic carbocycles. The fourth-order valence-electron chi connectivity index (χ4n) is 6.47. The Balaban J connectivity index is 4.39. The summed E-state index contributed by atoms with van der Waals surface area (Å²) in [5.41, 5.74) is 0. The Labute approximate surface area is 340 Å². The van der Waals surface area contributed by atoms with Crippen LogP contribution in [0.3, 0.4) is 0 Å². The highest BCUT2D eigenvalue weighted by Crippen LogP contribution is 2.13. The molecule has 6 heteroatoms. The summed E-state index contributed by atoms with van der Waals surface area (Å²) >= 11 is 0. The van der Waals surface area contributed by atoms with E-state index in [-0.39, 0.29) is 31.1 Å². The van der Waals surface area contributed by atoms with E-state index in [0.29, 0.717) is 19.3 Å². The first-order valence-electron chi connectivity index (χ1n) is 23.5. The number of hydrogen-bond donors (Lipinski definition) is 0. The zero-order valence-corrected chi connectivity index (χ0v) is 36.4. The molecule has 0 bridgehead atoms. The van der Waals surface area contributed by atoms with Gasteiger partial charge in [0.25, 0.3) is 0 Å². The Bertz CT molecular complexity index is 938. The van der Waals surface area contributed by atoms with Crippen LogP contribution in [0.2, 0.25) is 0 Å². The Morgan fingerprint density at radius 2 is 0.618 bits per heavy atom. The summed E-state index contributed by atoms with van der Waals surface area (Å²) in [7, 11) is 0. The second-order valence-electron chi connectivity index (χ2n) is 15.7. The molecule has 0 aromatic rings. The van der Waals surface area contributed by atoms with Gasteiger partial charge in [-0.2, -0.15) is 0 Å². The van der Waals surface area contributed by atoms with Crippen LogP contribution in [0.1, 0.15) is 239 Å². The van der Waals surface area contributed by atoms with E-state index >= 15 is 0 Å². The molecule has 6 nitrogen and oxygen atoms in total. The van der Waals surface area contributed by atoms with Crippen molar-refractivity contribution in [2.75, 3.05) is 13.2 Å². The van der Waals surface area contributed by atoms with Crippen LogP contribution >= 0.6 is 0 Å². The SMILES string of the molecule is CCCC/C=C\CCCCCCCC(=O)OCC(COC(=O)CCCCCCC/C=C\CCCCCCC)OC(=O)CCCCCCC/C=C\CCCCC. The van der Waals surface area contributed by atoms with E-state index in [1.807, 2.05) is 0 Å². The lowest BCUT2D eigenvalue weighted by Crippen LogP contribution is -2.30. The number of hydrogen-bond acceptors (Lipinski definition) is 6. The maximum Gasteiger partial charge on any atom is 0.306 e. The van der Waals surface area contributed by atoms with Gasteiger partial charge >= 0.3 is 17.9 Å². The standard InChI is InChI=1S/C49H88O6/c1-4-7-10-13-16-19-22-24-25-28-30-33-36-39-42-48(51)54-45-46(44-53-47(50)41-38-35-32-29-26-21-18-15-12-9-6-3)55-49(52)43-40-37-34-31-27-23-20-17-14-11-8-5-2/h15,17-18,20,22,24,46H,4-14,16,19,21,23,25-45H2,1-3H3/b18-15-,20-17-,24-22-. The highest BCUT2D eigenvalue weighted by Gasteiger charge is 2.19. The monoisotopic (exact) mass is 773 g/mol. The summed E-state index contributed by atoms with van der Waals surface area (Å²) < 4.78 is 16.7. The molecule has 0 saturated carbocycles. The third-order valence-corrected chi connectivity index (χ3v) is 10.1. The van der Waals surface area contributed by atoms with Crippen LogP contribution in [-0.2, 0) is 28.6 Å². The smallest absolute Gasteiger partial charge is 0.306 e. The molecule has 320 valence electrons. The van der Waals surface area contributed by atoms with Crippen molar-refractivity contribution in [3.05, 3.63) is 36.5 Å². The van der Waals surface area contributed by atoms with Crippen LogP contribution in [0.15, 0.2) is 36.5 Å². The molecule has 0 saturated heterocycles. The molecule has 1 atom stereocenters. The Kier molecular flexibility index (Phi) is 42.4. The predicted octanol–water partition coefficient (Wildman–Crippen LogP) is 15.0. The van der Waals surface area contributed by atoms with E-state index in [1.54, 1.807) is 0 Å². The number of carbonyl (C=O) groups excluding carboxylic acids is 3. The van der Waals surface area contributed by atoms with Crippen molar-refractivity contribution in [2.24, 2.45) is 0 Å². The second kappa shape index (κ2) is 44.3. The minimum atomic E-state index is -0.778. The molecule has 0 amide bonds. The quantitative estimate of drug-likeness (QED) is 0.0266. The minimum absolute atomic E-state index is 0.0817. The van der Waals surface area contributed by atoms with Crippen LogP contribution in [0.25, 0.3) is 0 Å². The van der Waals surface area contributed by atoms with Gasteiger partial charge < -0.3 is 14.2 Å². The molecule has 0 aromatic carbocycles. The molecule has 0 rings (SSSR count). The lowest BCUT2D eigenvalue weighted by atomic mass is 10.1. The van der Waals surface area contributed by atoms with E-state index in [4.69, 9.17) is 14.2 Å². The lowest BCUT2D eigenvalue weighted by molar-refractivity contribution is -0.167. The number of carbonyl (C=O) groups is 3. The molecule has 0 aliphatic rings. The topological polar surface area (TPSA) is 78.9 Å². The third-order valence-electron chi connectivity index (χ3n) is 10.1. The van der Waals surface area contributed by atoms with Crippen molar-refractivity contribution in [2.45, 2.75) is 245 Å². The first-order chi connectivity index (χ1) is 27.0. The molecule has 1 unspecified atom stereocenters. The van der Waals surface area contributed by atoms with Gasteiger partial charge in [-0.15, -0.1) is 0 Å². The maximum atomic E-state index is 12.7. The van der Waals surface area contributed by atoms with Crippen LogP contribution < -0.4 is 0 Å². The fourth-order valence-corrected chi connectivity index (χ4v) is 6.47. The van der Waals surface area contributed by atoms with Crippen LogP contribution in [0, 0.1) is 0 Å². The molecule has 0 aliphatic heterocycles. The molecule has 0 radical (unpaired) electrons. The number of unbranched alkanes of at least 4 members (excludes halogenated alkanes) is 25. The Hall–Kier alpha value is -2.37. The van der Waals surface area contributed by atoms with Crippen molar-refractivity contribution in [3.8, 4) is 0 Å². The zero-order valence-electron chi connectivity index (χ0n) is 36.4. The number of esters is 3. The van der Waals surface area contributed by atoms with Crippen molar-refractivity contribution in [1.82, 2.24) is 0 Å². The van der Waals surface area contributed by atoms with Crippen LogP contribution in [0.4, 0.5) is 0 Å². The molecular formula is C49H88O6. The molecule has 0 fully saturated rings. The van der Waals surface area contributed by atoms with Crippen LogP contribution in [0.5, 0.6) is 0 Å². The van der Waals surface area contributed by atoms with Gasteiger partial charge in [0.15, 0.2) is 6.10 Å². The molecule has 55 heavy (non-hydrogen) atoms. The summed E-state index contributed by atoms with van der Waals surface area (Å²) in [6.45, 7) is 6.54.